The molecule has 30 valence electrons. The van der Waals surface area contributed by atoms with Crippen LogP contribution in [-0.4, -0.2) is 52.3 Å². The minimum atomic E-state index is 0. The van der Waals surface area contributed by atoms with Gasteiger partial charge in [0.1, 0.15) is 0 Å². The first-order valence-electron chi connectivity index (χ1n) is 0.647. The van der Waals surface area contributed by atoms with Gasteiger partial charge in [-0.1, -0.05) is 0 Å². The quantitative estimate of drug-likeness (QED) is 0.202. The topological polar surface area (TPSA) is 60.7 Å². The molecule has 0 bridgehead atoms. The molecule has 3 N–H and O–H groups in total. The van der Waals surface area contributed by atoms with E-state index in [0.717, 1.165) is 7.11 Å². The monoisotopic (exact) mass is 90.0 g/mol. The Morgan fingerprint density at radius 2 is 1.00 bits per heavy atom. The van der Waals surface area contributed by atoms with Gasteiger partial charge in [-0.15, -0.1) is 0 Å². The van der Waals surface area contributed by atoms with Crippen LogP contribution in [0.15, 0.2) is 0 Å². The molecule has 0 atom stereocenters. The van der Waals surface area contributed by atoms with Gasteiger partial charge in [0.25, 0.3) is 0 Å². The molecule has 0 aliphatic rings. The summed E-state index contributed by atoms with van der Waals surface area (Å²) in [5, 5.41) is 19.0. The molecule has 0 radical (unpaired) electrons. The second-order valence-electron chi connectivity index (χ2n) is 0. The predicted molar refractivity (Wildman–Crippen MR) is 20.5 cm³/mol. The van der Waals surface area contributed by atoms with Crippen molar-refractivity contribution in [1.29, 1.82) is 0 Å². The van der Waals surface area contributed by atoms with Crippen molar-refractivity contribution in [2.75, 3.05) is 7.11 Å². The Kier molecular flexibility index (Phi) is 320. The molecule has 0 saturated heterocycles. The third-order valence-corrected chi connectivity index (χ3v) is 0. The molecule has 0 aliphatic heterocycles. The molecular formula is CH7NaO3. The van der Waals surface area contributed by atoms with Gasteiger partial charge in [0, 0.05) is 7.11 Å². The number of hydrogen-bond acceptors (Lipinski definition) is 3. The number of aliphatic hydroxyl groups excluding tert-OH is 1. The van der Waals surface area contributed by atoms with E-state index in [1.165, 1.54) is 0 Å². The second-order valence-corrected chi connectivity index (χ2v) is 0. The Morgan fingerprint density at radius 3 is 1.00 bits per heavy atom. The zero-order valence-corrected chi connectivity index (χ0v) is 2.34. The summed E-state index contributed by atoms with van der Waals surface area (Å²) in [5.74, 6) is 0. The van der Waals surface area contributed by atoms with Crippen LogP contribution in [0.1, 0.15) is 0 Å². The van der Waals surface area contributed by atoms with Gasteiger partial charge in [0.2, 0.25) is 0 Å². The fourth-order valence-corrected chi connectivity index (χ4v) is 0. The van der Waals surface area contributed by atoms with E-state index >= 15 is 0 Å². The van der Waals surface area contributed by atoms with E-state index in [1.54, 1.807) is 0 Å². The molecule has 0 rings (SSSR count). The van der Waals surface area contributed by atoms with Crippen molar-refractivity contribution in [2.45, 2.75) is 0 Å². The summed E-state index contributed by atoms with van der Waals surface area (Å²) >= 11 is 0. The number of rotatable bonds is 0. The zero-order chi connectivity index (χ0) is 4.00. The van der Waals surface area contributed by atoms with Crippen LogP contribution >= 0.6 is 0 Å². The van der Waals surface area contributed by atoms with Crippen LogP contribution in [0.4, 0.5) is 0 Å². The van der Waals surface area contributed by atoms with Crippen LogP contribution in [0.5, 0.6) is 0 Å². The summed E-state index contributed by atoms with van der Waals surface area (Å²) in [6.45, 7) is 0. The third kappa shape index (κ3) is 52.3. The molecule has 0 amide bonds. The van der Waals surface area contributed by atoms with Gasteiger partial charge in [-0.25, -0.2) is 0 Å². The number of aliphatic hydroxyl groups is 1. The van der Waals surface area contributed by atoms with Gasteiger partial charge in [-0.3, -0.25) is 10.5 Å². The van der Waals surface area contributed by atoms with E-state index in [1.807, 2.05) is 0 Å². The summed E-state index contributed by atoms with van der Waals surface area (Å²) < 4.78 is 0. The molecule has 5 heavy (non-hydrogen) atoms. The van der Waals surface area contributed by atoms with Gasteiger partial charge in [0.05, 0.1) is 0 Å². The fraction of sp³-hybridized carbons (Fsp3) is 1.00. The van der Waals surface area contributed by atoms with E-state index < -0.39 is 0 Å². The standard InChI is InChI=1S/CH4O.Na.H2O2.H/c1-2;;1-2;/h2H,1H3;;1-2H;. The molecule has 0 spiro atoms. The van der Waals surface area contributed by atoms with Crippen molar-refractivity contribution < 1.29 is 15.6 Å². The van der Waals surface area contributed by atoms with Gasteiger partial charge >= 0.3 is 29.6 Å². The summed E-state index contributed by atoms with van der Waals surface area (Å²) in [4.78, 5) is 0. The Labute approximate surface area is 52.5 Å². The van der Waals surface area contributed by atoms with Crippen molar-refractivity contribution in [3.05, 3.63) is 0 Å². The molecule has 0 aromatic heterocycles. The Bertz CT molecular complexity index is 6.85. The van der Waals surface area contributed by atoms with Crippen LogP contribution in [0.2, 0.25) is 0 Å². The van der Waals surface area contributed by atoms with Crippen LogP contribution in [-0.2, 0) is 0 Å². The molecule has 3 nitrogen and oxygen atoms in total. The first-order chi connectivity index (χ1) is 2.00. The van der Waals surface area contributed by atoms with Gasteiger partial charge < -0.3 is 5.11 Å². The molecule has 4 heteroatoms. The van der Waals surface area contributed by atoms with E-state index in [-0.39, 0.29) is 29.6 Å². The Morgan fingerprint density at radius 1 is 1.00 bits per heavy atom. The van der Waals surface area contributed by atoms with E-state index in [4.69, 9.17) is 15.6 Å². The fourth-order valence-electron chi connectivity index (χ4n) is 0. The molecule has 0 aromatic rings. The zero-order valence-electron chi connectivity index (χ0n) is 2.34. The van der Waals surface area contributed by atoms with Crippen molar-refractivity contribution in [3.63, 3.8) is 0 Å². The van der Waals surface area contributed by atoms with Crippen LogP contribution in [0, 0.1) is 0 Å². The average Bonchev–Trinajstić information content (AvgIpc) is 1.50. The Balaban J connectivity index is -0.0000000133. The minimum absolute atomic E-state index is 0. The maximum absolute atomic E-state index is 7.00. The van der Waals surface area contributed by atoms with E-state index in [0.29, 0.717) is 0 Å². The molecule has 0 unspecified atom stereocenters. The van der Waals surface area contributed by atoms with Gasteiger partial charge in [0.15, 0.2) is 0 Å². The first kappa shape index (κ1) is 16.9. The summed E-state index contributed by atoms with van der Waals surface area (Å²) in [7, 11) is 1.00. The summed E-state index contributed by atoms with van der Waals surface area (Å²) in [6, 6.07) is 0. The van der Waals surface area contributed by atoms with Gasteiger partial charge in [-0.2, -0.15) is 0 Å². The second kappa shape index (κ2) is 94.9. The Hall–Kier alpha value is 0.880. The first-order valence-corrected chi connectivity index (χ1v) is 0.647. The number of hydrogen-bond donors (Lipinski definition) is 3. The van der Waals surface area contributed by atoms with Crippen LogP contribution in [0.3, 0.4) is 0 Å². The SMILES string of the molecule is CO.OO.[NaH]. The van der Waals surface area contributed by atoms with Crippen molar-refractivity contribution in [2.24, 2.45) is 0 Å². The van der Waals surface area contributed by atoms with E-state index in [2.05, 4.69) is 0 Å². The molecule has 0 saturated carbocycles. The normalized spacial score (nSPS) is 2.40. The summed E-state index contributed by atoms with van der Waals surface area (Å²) in [6.07, 6.45) is 0. The maximum atomic E-state index is 7.00. The van der Waals surface area contributed by atoms with Crippen molar-refractivity contribution >= 4 is 29.6 Å². The molecule has 0 aromatic carbocycles. The van der Waals surface area contributed by atoms with Crippen molar-refractivity contribution in [1.82, 2.24) is 0 Å². The molecule has 0 heterocycles. The predicted octanol–water partition coefficient (Wildman–Crippen LogP) is -1.02. The average molecular weight is 90.1 g/mol. The van der Waals surface area contributed by atoms with E-state index in [9.17, 15) is 0 Å². The van der Waals surface area contributed by atoms with Gasteiger partial charge in [-0.05, 0) is 0 Å². The molecule has 0 aliphatic carbocycles. The molecule has 0 fully saturated rings. The van der Waals surface area contributed by atoms with Crippen LogP contribution in [0.25, 0.3) is 0 Å². The molecular weight excluding hydrogens is 83.0 g/mol. The van der Waals surface area contributed by atoms with Crippen molar-refractivity contribution in [3.8, 4) is 0 Å². The third-order valence-electron chi connectivity index (χ3n) is 0. The summed E-state index contributed by atoms with van der Waals surface area (Å²) in [5.41, 5.74) is 0. The van der Waals surface area contributed by atoms with Crippen LogP contribution < -0.4 is 0 Å².